The van der Waals surface area contributed by atoms with Gasteiger partial charge in [0.05, 0.1) is 0 Å². The van der Waals surface area contributed by atoms with Crippen LogP contribution in [0.1, 0.15) is 11.1 Å². The van der Waals surface area contributed by atoms with Gasteiger partial charge in [-0.15, -0.1) is 0 Å². The molecule has 4 nitrogen and oxygen atoms in total. The zero-order valence-corrected chi connectivity index (χ0v) is 12.4. The Morgan fingerprint density at radius 1 is 1.15 bits per heavy atom. The maximum Gasteiger partial charge on any atom is 0.258 e. The predicted molar refractivity (Wildman–Crippen MR) is 75.7 cm³/mol. The van der Waals surface area contributed by atoms with Crippen LogP contribution < -0.4 is 16.0 Å². The first kappa shape index (κ1) is 14.7. The number of hydrazine groups is 1. The Bertz CT molecular complexity index is 641. The Morgan fingerprint density at radius 2 is 1.75 bits per heavy atom. The second-order valence-corrected chi connectivity index (χ2v) is 5.02. The van der Waals surface area contributed by atoms with Crippen molar-refractivity contribution in [2.75, 3.05) is 5.43 Å². The fraction of sp³-hybridized carbons (Fsp3) is 0.154. The highest BCUT2D eigenvalue weighted by Gasteiger charge is 2.14. The number of hydrogen-bond acceptors (Lipinski definition) is 4. The van der Waals surface area contributed by atoms with Gasteiger partial charge in [0.25, 0.3) is 5.88 Å². The van der Waals surface area contributed by atoms with Crippen LogP contribution in [0.15, 0.2) is 22.7 Å². The summed E-state index contributed by atoms with van der Waals surface area (Å²) < 4.78 is 33.2. The molecule has 1 heterocycles. The third kappa shape index (κ3) is 2.88. The lowest BCUT2D eigenvalue weighted by Gasteiger charge is -2.11. The van der Waals surface area contributed by atoms with E-state index >= 15 is 0 Å². The number of pyridine rings is 1. The number of nitrogens with zero attached hydrogens (tertiary/aromatic N) is 1. The van der Waals surface area contributed by atoms with Crippen LogP contribution in [0.2, 0.25) is 0 Å². The predicted octanol–water partition coefficient (Wildman–Crippen LogP) is 3.82. The van der Waals surface area contributed by atoms with Gasteiger partial charge < -0.3 is 10.2 Å². The van der Waals surface area contributed by atoms with Crippen LogP contribution >= 0.6 is 15.9 Å². The molecule has 0 radical (unpaired) electrons. The monoisotopic (exact) mass is 343 g/mol. The number of nitrogens with one attached hydrogen (secondary N) is 1. The van der Waals surface area contributed by atoms with Gasteiger partial charge in [0.2, 0.25) is 0 Å². The summed E-state index contributed by atoms with van der Waals surface area (Å²) in [5.74, 6) is 3.08. The van der Waals surface area contributed by atoms with Crippen LogP contribution in [0.4, 0.5) is 14.6 Å². The summed E-state index contributed by atoms with van der Waals surface area (Å²) in [4.78, 5) is 3.65. The first-order valence-electron chi connectivity index (χ1n) is 5.69. The molecule has 1 aromatic heterocycles. The number of benzene rings is 1. The fourth-order valence-corrected chi connectivity index (χ4v) is 1.93. The molecule has 7 heteroatoms. The van der Waals surface area contributed by atoms with Crippen molar-refractivity contribution in [3.8, 4) is 11.6 Å². The second kappa shape index (κ2) is 5.72. The van der Waals surface area contributed by atoms with E-state index in [0.717, 1.165) is 15.6 Å². The molecule has 106 valence electrons. The van der Waals surface area contributed by atoms with E-state index in [1.807, 2.05) is 19.3 Å². The summed E-state index contributed by atoms with van der Waals surface area (Å²) in [5, 5.41) is 0. The van der Waals surface area contributed by atoms with Crippen molar-refractivity contribution in [1.82, 2.24) is 4.98 Å². The van der Waals surface area contributed by atoms with Crippen molar-refractivity contribution in [1.29, 1.82) is 0 Å². The molecule has 0 saturated heterocycles. The molecule has 0 aliphatic carbocycles. The summed E-state index contributed by atoms with van der Waals surface area (Å²) in [6.07, 6.45) is 0. The highest BCUT2D eigenvalue weighted by atomic mass is 79.9. The summed E-state index contributed by atoms with van der Waals surface area (Å²) in [6, 6.07) is 4.10. The molecule has 0 aliphatic rings. The fourth-order valence-electron chi connectivity index (χ4n) is 1.70. The second-order valence-electron chi connectivity index (χ2n) is 4.22. The van der Waals surface area contributed by atoms with Gasteiger partial charge in [-0.05, 0) is 37.1 Å². The number of nitrogens with two attached hydrogens (primary N) is 1. The van der Waals surface area contributed by atoms with Crippen molar-refractivity contribution in [3.63, 3.8) is 0 Å². The zero-order chi connectivity index (χ0) is 14.9. The molecule has 0 bridgehead atoms. The molecule has 0 fully saturated rings. The Balaban J connectivity index is 2.39. The van der Waals surface area contributed by atoms with E-state index in [0.29, 0.717) is 11.8 Å². The Kier molecular flexibility index (Phi) is 4.20. The van der Waals surface area contributed by atoms with Crippen LogP contribution in [-0.2, 0) is 0 Å². The Morgan fingerprint density at radius 3 is 2.30 bits per heavy atom. The number of aryl methyl sites for hydroxylation is 2. The number of nitrogen functional groups attached to an aromatic ring is 1. The molecule has 0 saturated carbocycles. The van der Waals surface area contributed by atoms with Crippen molar-refractivity contribution in [3.05, 3.63) is 45.4 Å². The van der Waals surface area contributed by atoms with Crippen LogP contribution in [-0.4, -0.2) is 4.98 Å². The molecule has 20 heavy (non-hydrogen) atoms. The van der Waals surface area contributed by atoms with Gasteiger partial charge in [0, 0.05) is 10.5 Å². The standard InChI is InChI=1S/C13H12BrF2N3O/c1-6-3-8(4-7(2)11(6)14)20-13-10(16)5-9(15)12(18-13)19-17/h3-5H,17H2,1-2H3,(H,18,19). The first-order chi connectivity index (χ1) is 9.42. The van der Waals surface area contributed by atoms with Crippen molar-refractivity contribution >= 4 is 21.7 Å². The highest BCUT2D eigenvalue weighted by molar-refractivity contribution is 9.10. The summed E-state index contributed by atoms with van der Waals surface area (Å²) in [6.45, 7) is 3.76. The minimum atomic E-state index is -0.903. The lowest BCUT2D eigenvalue weighted by molar-refractivity contribution is 0.417. The molecule has 0 aliphatic heterocycles. The summed E-state index contributed by atoms with van der Waals surface area (Å²) >= 11 is 3.42. The lowest BCUT2D eigenvalue weighted by atomic mass is 10.1. The Hall–Kier alpha value is -1.73. The van der Waals surface area contributed by atoms with E-state index in [2.05, 4.69) is 20.9 Å². The van der Waals surface area contributed by atoms with Gasteiger partial charge in [-0.3, -0.25) is 0 Å². The van der Waals surface area contributed by atoms with Crippen molar-refractivity contribution < 1.29 is 13.5 Å². The van der Waals surface area contributed by atoms with Crippen molar-refractivity contribution in [2.24, 2.45) is 5.84 Å². The van der Waals surface area contributed by atoms with Gasteiger partial charge in [0.15, 0.2) is 17.5 Å². The van der Waals surface area contributed by atoms with Gasteiger partial charge in [-0.1, -0.05) is 15.9 Å². The third-order valence-corrected chi connectivity index (χ3v) is 3.91. The quantitative estimate of drug-likeness (QED) is 0.657. The average molecular weight is 344 g/mol. The maximum atomic E-state index is 13.6. The van der Waals surface area contributed by atoms with E-state index in [4.69, 9.17) is 10.6 Å². The first-order valence-corrected chi connectivity index (χ1v) is 6.49. The molecule has 1 aromatic carbocycles. The minimum absolute atomic E-state index is 0.285. The summed E-state index contributed by atoms with van der Waals surface area (Å²) in [5.41, 5.74) is 3.90. The van der Waals surface area contributed by atoms with Gasteiger partial charge in [0.1, 0.15) is 5.75 Å². The van der Waals surface area contributed by atoms with Crippen molar-refractivity contribution in [2.45, 2.75) is 13.8 Å². The van der Waals surface area contributed by atoms with E-state index in [9.17, 15) is 8.78 Å². The molecular formula is C13H12BrF2N3O. The van der Waals surface area contributed by atoms with Gasteiger partial charge >= 0.3 is 0 Å². The van der Waals surface area contributed by atoms with Crippen LogP contribution in [0, 0.1) is 25.5 Å². The van der Waals surface area contributed by atoms with E-state index in [1.54, 1.807) is 12.1 Å². The summed E-state index contributed by atoms with van der Waals surface area (Å²) in [7, 11) is 0. The molecule has 2 aromatic rings. The number of anilines is 1. The number of rotatable bonds is 3. The molecule has 0 unspecified atom stereocenters. The van der Waals surface area contributed by atoms with Gasteiger partial charge in [-0.2, -0.15) is 4.98 Å². The number of halogens is 3. The van der Waals surface area contributed by atoms with E-state index in [1.165, 1.54) is 0 Å². The van der Waals surface area contributed by atoms with Crippen LogP contribution in [0.25, 0.3) is 0 Å². The Labute approximate surface area is 123 Å². The van der Waals surface area contributed by atoms with Crippen LogP contribution in [0.5, 0.6) is 11.6 Å². The molecule has 0 amide bonds. The smallest absolute Gasteiger partial charge is 0.258 e. The molecule has 2 rings (SSSR count). The van der Waals surface area contributed by atoms with Crippen LogP contribution in [0.3, 0.4) is 0 Å². The average Bonchev–Trinajstić information content (AvgIpc) is 2.39. The molecular weight excluding hydrogens is 332 g/mol. The maximum absolute atomic E-state index is 13.6. The lowest BCUT2D eigenvalue weighted by Crippen LogP contribution is -2.11. The molecule has 0 spiro atoms. The minimum Gasteiger partial charge on any atom is -0.436 e. The topological polar surface area (TPSA) is 60.2 Å². The normalized spacial score (nSPS) is 10.5. The number of hydrogen-bond donors (Lipinski definition) is 2. The molecule has 0 atom stereocenters. The highest BCUT2D eigenvalue weighted by Crippen LogP contribution is 2.30. The van der Waals surface area contributed by atoms with Gasteiger partial charge in [-0.25, -0.2) is 14.6 Å². The SMILES string of the molecule is Cc1cc(Oc2nc(NN)c(F)cc2F)cc(C)c1Br. The molecule has 3 N–H and O–H groups in total. The zero-order valence-electron chi connectivity index (χ0n) is 10.8. The number of aromatic nitrogens is 1. The largest absolute Gasteiger partial charge is 0.436 e. The number of ether oxygens (including phenoxy) is 1. The third-order valence-electron chi connectivity index (χ3n) is 2.66. The van der Waals surface area contributed by atoms with E-state index < -0.39 is 11.6 Å². The van der Waals surface area contributed by atoms with E-state index in [-0.39, 0.29) is 11.7 Å².